The van der Waals surface area contributed by atoms with Gasteiger partial charge in [-0.25, -0.2) is 9.97 Å². The second kappa shape index (κ2) is 7.97. The van der Waals surface area contributed by atoms with Gasteiger partial charge in [0.15, 0.2) is 0 Å². The molecule has 0 radical (unpaired) electrons. The second-order valence-electron chi connectivity index (χ2n) is 5.21. The van der Waals surface area contributed by atoms with Gasteiger partial charge >= 0.3 is 0 Å². The van der Waals surface area contributed by atoms with Gasteiger partial charge in [-0.2, -0.15) is 0 Å². The van der Waals surface area contributed by atoms with Crippen molar-refractivity contribution in [3.05, 3.63) is 72.6 Å². The molecular formula is C19H20N4O. The molecular weight excluding hydrogens is 300 g/mol. The molecule has 0 spiro atoms. The number of hydrogen-bond donors (Lipinski definition) is 2. The van der Waals surface area contributed by atoms with Gasteiger partial charge in [0.05, 0.1) is 6.61 Å². The lowest BCUT2D eigenvalue weighted by atomic mass is 10.2. The third-order valence-corrected chi connectivity index (χ3v) is 3.42. The molecule has 0 saturated carbocycles. The van der Waals surface area contributed by atoms with E-state index in [0.717, 1.165) is 29.6 Å². The normalized spacial score (nSPS) is 10.2. The lowest BCUT2D eigenvalue weighted by Gasteiger charge is -2.09. The van der Waals surface area contributed by atoms with Crippen LogP contribution in [-0.2, 0) is 6.54 Å². The monoisotopic (exact) mass is 320 g/mol. The van der Waals surface area contributed by atoms with Gasteiger partial charge < -0.3 is 15.4 Å². The maximum Gasteiger partial charge on any atom is 0.135 e. The third-order valence-electron chi connectivity index (χ3n) is 3.42. The minimum atomic E-state index is 0.662. The summed E-state index contributed by atoms with van der Waals surface area (Å²) >= 11 is 0. The summed E-state index contributed by atoms with van der Waals surface area (Å²) in [5, 5.41) is 6.57. The number of aromatic nitrogens is 2. The van der Waals surface area contributed by atoms with Crippen molar-refractivity contribution in [1.82, 2.24) is 9.97 Å². The number of nitrogens with zero attached hydrogens (tertiary/aromatic N) is 2. The molecule has 2 aromatic carbocycles. The summed E-state index contributed by atoms with van der Waals surface area (Å²) in [7, 11) is 0. The van der Waals surface area contributed by atoms with Gasteiger partial charge in [-0.15, -0.1) is 0 Å². The molecule has 24 heavy (non-hydrogen) atoms. The summed E-state index contributed by atoms with van der Waals surface area (Å²) in [4.78, 5) is 8.51. The van der Waals surface area contributed by atoms with E-state index in [1.807, 2.05) is 55.5 Å². The summed E-state index contributed by atoms with van der Waals surface area (Å²) in [5.41, 5.74) is 2.16. The highest BCUT2D eigenvalue weighted by molar-refractivity contribution is 5.59. The Bertz CT molecular complexity index is 760. The topological polar surface area (TPSA) is 59.1 Å². The Morgan fingerprint density at radius 1 is 0.917 bits per heavy atom. The van der Waals surface area contributed by atoms with E-state index >= 15 is 0 Å². The molecule has 5 heteroatoms. The van der Waals surface area contributed by atoms with Crippen LogP contribution in [-0.4, -0.2) is 16.6 Å². The lowest BCUT2D eigenvalue weighted by Crippen LogP contribution is -2.03. The van der Waals surface area contributed by atoms with Crippen LogP contribution in [0.5, 0.6) is 5.75 Å². The number of anilines is 3. The summed E-state index contributed by atoms with van der Waals surface area (Å²) in [6.07, 6.45) is 1.55. The Morgan fingerprint density at radius 3 is 2.42 bits per heavy atom. The fourth-order valence-corrected chi connectivity index (χ4v) is 2.26. The zero-order chi connectivity index (χ0) is 16.6. The molecule has 3 rings (SSSR count). The highest BCUT2D eigenvalue weighted by Crippen LogP contribution is 2.20. The summed E-state index contributed by atoms with van der Waals surface area (Å²) in [6, 6.07) is 19.9. The van der Waals surface area contributed by atoms with Crippen LogP contribution in [0.1, 0.15) is 12.5 Å². The average Bonchev–Trinajstić information content (AvgIpc) is 2.63. The van der Waals surface area contributed by atoms with Crippen LogP contribution in [0.3, 0.4) is 0 Å². The van der Waals surface area contributed by atoms with E-state index in [0.29, 0.717) is 6.61 Å². The molecule has 0 aliphatic carbocycles. The number of rotatable bonds is 7. The summed E-state index contributed by atoms with van der Waals surface area (Å²) in [6.45, 7) is 3.35. The molecule has 3 aromatic rings. The second-order valence-corrected chi connectivity index (χ2v) is 5.21. The van der Waals surface area contributed by atoms with Gasteiger partial charge in [0.25, 0.3) is 0 Å². The third kappa shape index (κ3) is 4.46. The van der Waals surface area contributed by atoms with E-state index in [4.69, 9.17) is 4.74 Å². The highest BCUT2D eigenvalue weighted by atomic mass is 16.5. The number of hydrogen-bond acceptors (Lipinski definition) is 5. The number of nitrogens with one attached hydrogen (secondary N) is 2. The molecule has 0 bridgehead atoms. The first-order valence-electron chi connectivity index (χ1n) is 7.93. The maximum absolute atomic E-state index is 5.44. The standard InChI is InChI=1S/C19H20N4O/c1-2-24-17-10-8-16(9-11-17)23-19-12-18(21-14-22-19)20-13-15-6-4-3-5-7-15/h3-12,14H,2,13H2,1H3,(H2,20,21,22,23). The molecule has 0 fully saturated rings. The SMILES string of the molecule is CCOc1ccc(Nc2cc(NCc3ccccc3)ncn2)cc1. The van der Waals surface area contributed by atoms with Crippen molar-refractivity contribution in [3.8, 4) is 5.75 Å². The summed E-state index contributed by atoms with van der Waals surface area (Å²) in [5.74, 6) is 2.38. The first-order chi connectivity index (χ1) is 11.8. The van der Waals surface area contributed by atoms with Crippen molar-refractivity contribution in [1.29, 1.82) is 0 Å². The smallest absolute Gasteiger partial charge is 0.135 e. The van der Waals surface area contributed by atoms with Crippen LogP contribution in [0, 0.1) is 0 Å². The molecule has 0 aliphatic rings. The Morgan fingerprint density at radius 2 is 1.67 bits per heavy atom. The molecule has 1 heterocycles. The maximum atomic E-state index is 5.44. The molecule has 0 unspecified atom stereocenters. The van der Waals surface area contributed by atoms with Gasteiger partial charge in [0.1, 0.15) is 23.7 Å². The van der Waals surface area contributed by atoms with Crippen molar-refractivity contribution in [2.75, 3.05) is 17.2 Å². The molecule has 0 amide bonds. The van der Waals surface area contributed by atoms with Crippen molar-refractivity contribution in [3.63, 3.8) is 0 Å². The van der Waals surface area contributed by atoms with E-state index in [9.17, 15) is 0 Å². The van der Waals surface area contributed by atoms with Crippen molar-refractivity contribution >= 4 is 17.3 Å². The van der Waals surface area contributed by atoms with Crippen LogP contribution < -0.4 is 15.4 Å². The fraction of sp³-hybridized carbons (Fsp3) is 0.158. The van der Waals surface area contributed by atoms with Crippen molar-refractivity contribution in [2.45, 2.75) is 13.5 Å². The molecule has 0 saturated heterocycles. The van der Waals surface area contributed by atoms with E-state index in [1.165, 1.54) is 5.56 Å². The van der Waals surface area contributed by atoms with Gasteiger partial charge in [0, 0.05) is 18.3 Å². The Labute approximate surface area is 141 Å². The average molecular weight is 320 g/mol. The predicted octanol–water partition coefficient (Wildman–Crippen LogP) is 4.23. The minimum absolute atomic E-state index is 0.662. The van der Waals surface area contributed by atoms with Crippen LogP contribution in [0.4, 0.5) is 17.3 Å². The molecule has 5 nitrogen and oxygen atoms in total. The highest BCUT2D eigenvalue weighted by Gasteiger charge is 2.01. The van der Waals surface area contributed by atoms with Gasteiger partial charge in [0.2, 0.25) is 0 Å². The van der Waals surface area contributed by atoms with Crippen LogP contribution in [0.15, 0.2) is 67.0 Å². The zero-order valence-electron chi connectivity index (χ0n) is 13.6. The molecule has 1 aromatic heterocycles. The molecule has 2 N–H and O–H groups in total. The van der Waals surface area contributed by atoms with Gasteiger partial charge in [-0.1, -0.05) is 30.3 Å². The van der Waals surface area contributed by atoms with Crippen molar-refractivity contribution < 1.29 is 4.74 Å². The first-order valence-corrected chi connectivity index (χ1v) is 7.93. The Balaban J connectivity index is 1.62. The minimum Gasteiger partial charge on any atom is -0.494 e. The number of ether oxygens (including phenoxy) is 1. The quantitative estimate of drug-likeness (QED) is 0.682. The van der Waals surface area contributed by atoms with Gasteiger partial charge in [-0.05, 0) is 36.8 Å². The van der Waals surface area contributed by atoms with E-state index < -0.39 is 0 Å². The predicted molar refractivity (Wildman–Crippen MR) is 96.7 cm³/mol. The van der Waals surface area contributed by atoms with Crippen LogP contribution >= 0.6 is 0 Å². The Kier molecular flexibility index (Phi) is 5.24. The molecule has 0 atom stereocenters. The summed E-state index contributed by atoms with van der Waals surface area (Å²) < 4.78 is 5.44. The van der Waals surface area contributed by atoms with Crippen LogP contribution in [0.25, 0.3) is 0 Å². The van der Waals surface area contributed by atoms with Crippen LogP contribution in [0.2, 0.25) is 0 Å². The van der Waals surface area contributed by atoms with E-state index in [-0.39, 0.29) is 0 Å². The fourth-order valence-electron chi connectivity index (χ4n) is 2.26. The van der Waals surface area contributed by atoms with E-state index in [2.05, 4.69) is 32.7 Å². The van der Waals surface area contributed by atoms with Gasteiger partial charge in [-0.3, -0.25) is 0 Å². The molecule has 0 aliphatic heterocycles. The largest absolute Gasteiger partial charge is 0.494 e. The lowest BCUT2D eigenvalue weighted by molar-refractivity contribution is 0.340. The zero-order valence-corrected chi connectivity index (χ0v) is 13.6. The molecule has 122 valence electrons. The van der Waals surface area contributed by atoms with Crippen molar-refractivity contribution in [2.24, 2.45) is 0 Å². The first kappa shape index (κ1) is 15.8. The van der Waals surface area contributed by atoms with E-state index in [1.54, 1.807) is 6.33 Å². The number of benzene rings is 2. The Hall–Kier alpha value is -3.08.